The molecule has 1 aromatic heterocycles. The summed E-state index contributed by atoms with van der Waals surface area (Å²) in [5.74, 6) is 0. The molecule has 0 atom stereocenters. The van der Waals surface area contributed by atoms with Gasteiger partial charge in [-0.15, -0.1) is 0 Å². The molecule has 0 unspecified atom stereocenters. The van der Waals surface area contributed by atoms with Crippen molar-refractivity contribution in [3.05, 3.63) is 24.0 Å². The molecule has 0 saturated carbocycles. The summed E-state index contributed by atoms with van der Waals surface area (Å²) >= 11 is 0.730. The molecule has 0 bridgehead atoms. The Labute approximate surface area is 74.7 Å². The minimum absolute atomic E-state index is 0.243. The van der Waals surface area contributed by atoms with Crippen LogP contribution >= 0.6 is 0 Å². The number of nitrogens with zero attached hydrogens (tertiary/aromatic N) is 1. The zero-order valence-electron chi connectivity index (χ0n) is 5.31. The van der Waals surface area contributed by atoms with Crippen LogP contribution < -0.4 is 3.58 Å². The summed E-state index contributed by atoms with van der Waals surface area (Å²) in [6.45, 7) is 0. The summed E-state index contributed by atoms with van der Waals surface area (Å²) in [6, 6.07) is 2.92. The Kier molecular flexibility index (Phi) is 2.41. The van der Waals surface area contributed by atoms with Gasteiger partial charge in [-0.2, -0.15) is 0 Å². The van der Waals surface area contributed by atoms with Crippen molar-refractivity contribution in [2.75, 3.05) is 0 Å². The molecular formula is C6H3F3NSn. The Balaban J connectivity index is 3.14. The second kappa shape index (κ2) is 3.00. The van der Waals surface area contributed by atoms with Crippen LogP contribution in [-0.4, -0.2) is 27.5 Å². The molecule has 0 aliphatic carbocycles. The minimum atomic E-state index is -4.31. The third-order valence-electron chi connectivity index (χ3n) is 1.08. The molecule has 5 heteroatoms. The zero-order valence-corrected chi connectivity index (χ0v) is 8.17. The number of hydrogen-bond donors (Lipinski definition) is 0. The predicted octanol–water partition coefficient (Wildman–Crippen LogP) is 0.894. The Hall–Kier alpha value is -0.261. The van der Waals surface area contributed by atoms with Crippen molar-refractivity contribution in [1.82, 2.24) is 4.98 Å². The average Bonchev–Trinajstić information content (AvgIpc) is 1.86. The van der Waals surface area contributed by atoms with Crippen molar-refractivity contribution in [2.45, 2.75) is 6.18 Å². The van der Waals surface area contributed by atoms with Crippen molar-refractivity contribution >= 4 is 26.1 Å². The van der Waals surface area contributed by atoms with E-state index in [1.165, 1.54) is 12.1 Å². The van der Waals surface area contributed by atoms with Gasteiger partial charge in [-0.3, -0.25) is 0 Å². The van der Waals surface area contributed by atoms with E-state index in [1.54, 1.807) is 0 Å². The maximum absolute atomic E-state index is 12.0. The Morgan fingerprint density at radius 3 is 2.36 bits per heavy atom. The van der Waals surface area contributed by atoms with Crippen LogP contribution in [0, 0.1) is 0 Å². The first-order valence-electron chi connectivity index (χ1n) is 2.75. The van der Waals surface area contributed by atoms with E-state index in [0.717, 1.165) is 28.7 Å². The first-order valence-corrected chi connectivity index (χ1v) is 4.18. The molecule has 0 amide bonds. The molecule has 0 spiro atoms. The molecular weight excluding hydrogens is 262 g/mol. The van der Waals surface area contributed by atoms with Crippen LogP contribution in [0.5, 0.6) is 0 Å². The van der Waals surface area contributed by atoms with Crippen LogP contribution in [0.3, 0.4) is 0 Å². The fraction of sp³-hybridized carbons (Fsp3) is 0.167. The van der Waals surface area contributed by atoms with E-state index in [1.807, 2.05) is 0 Å². The van der Waals surface area contributed by atoms with Crippen LogP contribution in [0.1, 0.15) is 5.69 Å². The van der Waals surface area contributed by atoms with E-state index in [9.17, 15) is 13.2 Å². The molecule has 1 heterocycles. The monoisotopic (exact) mass is 266 g/mol. The third kappa shape index (κ3) is 2.08. The van der Waals surface area contributed by atoms with Gasteiger partial charge in [0.05, 0.1) is 0 Å². The predicted molar refractivity (Wildman–Crippen MR) is 34.6 cm³/mol. The molecule has 57 valence electrons. The molecule has 0 aromatic carbocycles. The van der Waals surface area contributed by atoms with Gasteiger partial charge in [0.1, 0.15) is 0 Å². The van der Waals surface area contributed by atoms with E-state index in [2.05, 4.69) is 4.98 Å². The van der Waals surface area contributed by atoms with E-state index < -0.39 is 11.9 Å². The summed E-state index contributed by atoms with van der Waals surface area (Å²) < 4.78 is 36.2. The van der Waals surface area contributed by atoms with Crippen molar-refractivity contribution in [3.63, 3.8) is 0 Å². The quantitative estimate of drug-likeness (QED) is 0.635. The van der Waals surface area contributed by atoms with Gasteiger partial charge in [-0.25, -0.2) is 0 Å². The molecule has 3 radical (unpaired) electrons. The molecule has 1 nitrogen and oxygen atoms in total. The van der Waals surface area contributed by atoms with Gasteiger partial charge >= 0.3 is 74.5 Å². The van der Waals surface area contributed by atoms with Crippen LogP contribution in [0.15, 0.2) is 18.3 Å². The van der Waals surface area contributed by atoms with Gasteiger partial charge < -0.3 is 0 Å². The van der Waals surface area contributed by atoms with E-state index >= 15 is 0 Å². The van der Waals surface area contributed by atoms with Crippen LogP contribution in [0.2, 0.25) is 0 Å². The van der Waals surface area contributed by atoms with Gasteiger partial charge in [-0.05, 0) is 0 Å². The molecule has 1 aromatic rings. The Morgan fingerprint density at radius 2 is 2.00 bits per heavy atom. The number of hydrogen-bond acceptors (Lipinski definition) is 1. The summed E-state index contributed by atoms with van der Waals surface area (Å²) in [5.41, 5.74) is -0.766. The molecule has 0 fully saturated rings. The van der Waals surface area contributed by atoms with E-state index in [0.29, 0.717) is 0 Å². The molecule has 11 heavy (non-hydrogen) atoms. The molecule has 1 rings (SSSR count). The summed E-state index contributed by atoms with van der Waals surface area (Å²) in [6.07, 6.45) is -3.16. The van der Waals surface area contributed by atoms with Gasteiger partial charge in [0.25, 0.3) is 0 Å². The van der Waals surface area contributed by atoms with Crippen molar-refractivity contribution in [1.29, 1.82) is 0 Å². The molecule has 0 aliphatic rings. The van der Waals surface area contributed by atoms with Gasteiger partial charge in [0.15, 0.2) is 0 Å². The Morgan fingerprint density at radius 1 is 1.36 bits per heavy atom. The third-order valence-corrected chi connectivity index (χ3v) is 2.23. The number of aromatic nitrogens is 1. The molecule has 0 saturated heterocycles. The molecule has 0 N–H and O–H groups in total. The zero-order chi connectivity index (χ0) is 8.48. The second-order valence-corrected chi connectivity index (χ2v) is 3.43. The van der Waals surface area contributed by atoms with Crippen molar-refractivity contribution in [3.8, 4) is 0 Å². The summed E-state index contributed by atoms with van der Waals surface area (Å²) in [5, 5.41) is 0. The summed E-state index contributed by atoms with van der Waals surface area (Å²) in [7, 11) is 0. The van der Waals surface area contributed by atoms with E-state index in [-0.39, 0.29) is 3.58 Å². The molecule has 0 aliphatic heterocycles. The normalized spacial score (nSPS) is 11.6. The van der Waals surface area contributed by atoms with Crippen LogP contribution in [0.4, 0.5) is 13.2 Å². The number of alkyl halides is 3. The van der Waals surface area contributed by atoms with E-state index in [4.69, 9.17) is 0 Å². The maximum atomic E-state index is 12.0. The number of pyridine rings is 1. The standard InChI is InChI=1S/C6H3F3N.Sn/c7-6(8,9)5-3-1-2-4-10-5;/h1-2,4H;. The second-order valence-electron chi connectivity index (χ2n) is 1.90. The van der Waals surface area contributed by atoms with Crippen LogP contribution in [0.25, 0.3) is 0 Å². The van der Waals surface area contributed by atoms with Crippen LogP contribution in [-0.2, 0) is 6.18 Å². The SMILES string of the molecule is FC(F)(F)c1nccc[c]1[Sn]. The fourth-order valence-corrected chi connectivity index (χ4v) is 1.49. The van der Waals surface area contributed by atoms with Gasteiger partial charge in [-0.1, -0.05) is 0 Å². The fourth-order valence-electron chi connectivity index (χ4n) is 0.631. The number of halogens is 3. The first kappa shape index (κ1) is 8.83. The van der Waals surface area contributed by atoms with Gasteiger partial charge in [0.2, 0.25) is 0 Å². The van der Waals surface area contributed by atoms with Gasteiger partial charge in [0, 0.05) is 0 Å². The average molecular weight is 265 g/mol. The Bertz CT molecular complexity index is 258. The number of rotatable bonds is 0. The van der Waals surface area contributed by atoms with Crippen molar-refractivity contribution in [2.24, 2.45) is 0 Å². The summed E-state index contributed by atoms with van der Waals surface area (Å²) in [4.78, 5) is 3.25. The van der Waals surface area contributed by atoms with Crippen molar-refractivity contribution < 1.29 is 13.2 Å². The first-order chi connectivity index (χ1) is 5.02. The topological polar surface area (TPSA) is 12.9 Å².